The Morgan fingerprint density at radius 3 is 2.78 bits per heavy atom. The Hall–Kier alpha value is -2.51. The highest BCUT2D eigenvalue weighted by atomic mass is 16.5. The van der Waals surface area contributed by atoms with Crippen LogP contribution in [0.2, 0.25) is 0 Å². The molecule has 2 aromatic heterocycles. The van der Waals surface area contributed by atoms with Crippen LogP contribution < -0.4 is 10.2 Å². The second kappa shape index (κ2) is 5.60. The SMILES string of the molecule is CC(=O)NC1(c2nc(C)no2)CCN(c2nc(C)cnc2C)C1. The number of amides is 1. The third kappa shape index (κ3) is 2.88. The number of carbonyl (C=O) groups is 1. The molecule has 3 rings (SSSR count). The fourth-order valence-electron chi connectivity index (χ4n) is 2.97. The van der Waals surface area contributed by atoms with E-state index >= 15 is 0 Å². The molecule has 0 saturated carbocycles. The lowest BCUT2D eigenvalue weighted by atomic mass is 9.98. The highest BCUT2D eigenvalue weighted by Gasteiger charge is 2.45. The Labute approximate surface area is 134 Å². The molecule has 8 heteroatoms. The molecule has 122 valence electrons. The topological polar surface area (TPSA) is 97.0 Å². The van der Waals surface area contributed by atoms with Crippen LogP contribution in [-0.2, 0) is 10.3 Å². The van der Waals surface area contributed by atoms with Crippen LogP contribution >= 0.6 is 0 Å². The molecule has 0 radical (unpaired) electrons. The van der Waals surface area contributed by atoms with Crippen LogP contribution in [0.3, 0.4) is 0 Å². The van der Waals surface area contributed by atoms with Gasteiger partial charge in [0.05, 0.1) is 17.9 Å². The molecule has 2 aromatic rings. The minimum atomic E-state index is -0.690. The average Bonchev–Trinajstić information content (AvgIpc) is 3.09. The summed E-state index contributed by atoms with van der Waals surface area (Å²) in [7, 11) is 0. The molecule has 1 aliphatic rings. The van der Waals surface area contributed by atoms with Crippen LogP contribution in [0.1, 0.15) is 36.4 Å². The van der Waals surface area contributed by atoms with Gasteiger partial charge in [0, 0.05) is 19.7 Å². The predicted octanol–water partition coefficient (Wildman–Crippen LogP) is 1.03. The number of hydrogen-bond acceptors (Lipinski definition) is 7. The maximum absolute atomic E-state index is 11.7. The van der Waals surface area contributed by atoms with Gasteiger partial charge in [0.2, 0.25) is 5.91 Å². The fourth-order valence-corrected chi connectivity index (χ4v) is 2.97. The van der Waals surface area contributed by atoms with Crippen molar-refractivity contribution in [1.82, 2.24) is 25.4 Å². The van der Waals surface area contributed by atoms with Gasteiger partial charge in [0.25, 0.3) is 5.89 Å². The molecule has 1 unspecified atom stereocenters. The van der Waals surface area contributed by atoms with Crippen molar-refractivity contribution in [1.29, 1.82) is 0 Å². The molecule has 8 nitrogen and oxygen atoms in total. The van der Waals surface area contributed by atoms with E-state index in [-0.39, 0.29) is 5.91 Å². The van der Waals surface area contributed by atoms with Gasteiger partial charge in [0.1, 0.15) is 11.4 Å². The summed E-state index contributed by atoms with van der Waals surface area (Å²) in [6.45, 7) is 8.34. The zero-order valence-electron chi connectivity index (χ0n) is 13.8. The minimum absolute atomic E-state index is 0.130. The third-order valence-electron chi connectivity index (χ3n) is 3.97. The number of hydrogen-bond donors (Lipinski definition) is 1. The summed E-state index contributed by atoms with van der Waals surface area (Å²) < 4.78 is 5.35. The lowest BCUT2D eigenvalue weighted by Crippen LogP contribution is -2.47. The third-order valence-corrected chi connectivity index (χ3v) is 3.97. The number of nitrogens with one attached hydrogen (secondary N) is 1. The van der Waals surface area contributed by atoms with E-state index in [1.54, 1.807) is 13.1 Å². The molecule has 1 aliphatic heterocycles. The van der Waals surface area contributed by atoms with E-state index in [1.807, 2.05) is 13.8 Å². The van der Waals surface area contributed by atoms with Gasteiger partial charge in [-0.25, -0.2) is 4.98 Å². The zero-order valence-corrected chi connectivity index (χ0v) is 13.8. The van der Waals surface area contributed by atoms with E-state index < -0.39 is 5.54 Å². The standard InChI is InChI=1S/C15H20N6O2/c1-9-7-16-10(2)13(17-9)21-6-5-15(8-21,19-12(4)22)14-18-11(3)20-23-14/h7H,5-6,8H2,1-4H3,(H,19,22). The van der Waals surface area contributed by atoms with Gasteiger partial charge in [-0.1, -0.05) is 5.16 Å². The van der Waals surface area contributed by atoms with Crippen molar-refractivity contribution in [2.24, 2.45) is 0 Å². The van der Waals surface area contributed by atoms with Crippen molar-refractivity contribution >= 4 is 11.7 Å². The summed E-state index contributed by atoms with van der Waals surface area (Å²) in [5, 5.41) is 6.85. The molecule has 1 fully saturated rings. The van der Waals surface area contributed by atoms with Crippen LogP contribution in [0.4, 0.5) is 5.82 Å². The lowest BCUT2D eigenvalue weighted by Gasteiger charge is -2.27. The molecule has 0 bridgehead atoms. The molecule has 1 amide bonds. The number of nitrogens with zero attached hydrogens (tertiary/aromatic N) is 5. The normalized spacial score (nSPS) is 20.8. The Bertz CT molecular complexity index is 743. The molecule has 23 heavy (non-hydrogen) atoms. The van der Waals surface area contributed by atoms with E-state index in [4.69, 9.17) is 4.52 Å². The second-order valence-electron chi connectivity index (χ2n) is 6.00. The van der Waals surface area contributed by atoms with Gasteiger partial charge in [-0.2, -0.15) is 4.98 Å². The van der Waals surface area contributed by atoms with Gasteiger partial charge >= 0.3 is 0 Å². The number of carbonyl (C=O) groups excluding carboxylic acids is 1. The van der Waals surface area contributed by atoms with E-state index in [0.29, 0.717) is 24.7 Å². The molecule has 0 spiro atoms. The summed E-state index contributed by atoms with van der Waals surface area (Å²) in [5.74, 6) is 1.68. The Morgan fingerprint density at radius 2 is 2.13 bits per heavy atom. The summed E-state index contributed by atoms with van der Waals surface area (Å²) in [4.78, 5) is 27.1. The maximum atomic E-state index is 11.7. The predicted molar refractivity (Wildman–Crippen MR) is 82.9 cm³/mol. The number of rotatable bonds is 3. The maximum Gasteiger partial charge on any atom is 0.254 e. The van der Waals surface area contributed by atoms with E-state index in [1.165, 1.54) is 6.92 Å². The average molecular weight is 316 g/mol. The van der Waals surface area contributed by atoms with Crippen molar-refractivity contribution < 1.29 is 9.32 Å². The van der Waals surface area contributed by atoms with E-state index in [2.05, 4.69) is 30.3 Å². The zero-order chi connectivity index (χ0) is 16.6. The largest absolute Gasteiger partial charge is 0.352 e. The summed E-state index contributed by atoms with van der Waals surface area (Å²) in [5.41, 5.74) is 1.03. The Kier molecular flexibility index (Phi) is 3.75. The smallest absolute Gasteiger partial charge is 0.254 e. The molecule has 0 aliphatic carbocycles. The molecule has 1 atom stereocenters. The summed E-state index contributed by atoms with van der Waals surface area (Å²) in [6, 6.07) is 0. The minimum Gasteiger partial charge on any atom is -0.352 e. The Balaban J connectivity index is 1.95. The highest BCUT2D eigenvalue weighted by Crippen LogP contribution is 2.34. The van der Waals surface area contributed by atoms with Gasteiger partial charge in [-0.15, -0.1) is 0 Å². The first kappa shape index (κ1) is 15.4. The number of aromatic nitrogens is 4. The van der Waals surface area contributed by atoms with Crippen molar-refractivity contribution in [3.05, 3.63) is 29.3 Å². The highest BCUT2D eigenvalue weighted by molar-refractivity contribution is 5.74. The summed E-state index contributed by atoms with van der Waals surface area (Å²) in [6.07, 6.45) is 2.42. The molecule has 1 N–H and O–H groups in total. The second-order valence-corrected chi connectivity index (χ2v) is 6.00. The molecule has 1 saturated heterocycles. The van der Waals surface area contributed by atoms with Crippen LogP contribution in [0.25, 0.3) is 0 Å². The van der Waals surface area contributed by atoms with Crippen molar-refractivity contribution in [3.63, 3.8) is 0 Å². The monoisotopic (exact) mass is 316 g/mol. The first-order chi connectivity index (χ1) is 10.9. The lowest BCUT2D eigenvalue weighted by molar-refractivity contribution is -0.121. The number of anilines is 1. The van der Waals surface area contributed by atoms with E-state index in [9.17, 15) is 4.79 Å². The van der Waals surface area contributed by atoms with Gasteiger partial charge < -0.3 is 14.7 Å². The molecular formula is C15H20N6O2. The first-order valence-corrected chi connectivity index (χ1v) is 7.54. The Morgan fingerprint density at radius 1 is 1.35 bits per heavy atom. The van der Waals surface area contributed by atoms with Gasteiger partial charge in [-0.05, 0) is 27.2 Å². The summed E-state index contributed by atoms with van der Waals surface area (Å²) >= 11 is 0. The van der Waals surface area contributed by atoms with Crippen molar-refractivity contribution in [2.75, 3.05) is 18.0 Å². The van der Waals surface area contributed by atoms with Crippen LogP contribution in [0.5, 0.6) is 0 Å². The van der Waals surface area contributed by atoms with Crippen LogP contribution in [-0.4, -0.2) is 39.1 Å². The van der Waals surface area contributed by atoms with Crippen LogP contribution in [0.15, 0.2) is 10.7 Å². The van der Waals surface area contributed by atoms with Crippen LogP contribution in [0, 0.1) is 20.8 Å². The van der Waals surface area contributed by atoms with Gasteiger partial charge in [0.15, 0.2) is 5.82 Å². The van der Waals surface area contributed by atoms with Crippen molar-refractivity contribution in [2.45, 2.75) is 39.7 Å². The molecule has 3 heterocycles. The fraction of sp³-hybridized carbons (Fsp3) is 0.533. The number of aryl methyl sites for hydroxylation is 3. The van der Waals surface area contributed by atoms with E-state index in [0.717, 1.165) is 23.8 Å². The van der Waals surface area contributed by atoms with Crippen molar-refractivity contribution in [3.8, 4) is 0 Å². The first-order valence-electron chi connectivity index (χ1n) is 7.54. The van der Waals surface area contributed by atoms with Gasteiger partial charge in [-0.3, -0.25) is 9.78 Å². The molecule has 0 aromatic carbocycles. The quantitative estimate of drug-likeness (QED) is 0.903. The molecular weight excluding hydrogens is 296 g/mol.